The Bertz CT molecular complexity index is 870. The van der Waals surface area contributed by atoms with Gasteiger partial charge in [-0.25, -0.2) is 8.42 Å². The van der Waals surface area contributed by atoms with Gasteiger partial charge in [0.1, 0.15) is 0 Å². The predicted molar refractivity (Wildman–Crippen MR) is 94.3 cm³/mol. The van der Waals surface area contributed by atoms with Crippen LogP contribution in [0.25, 0.3) is 0 Å². The fraction of sp³-hybridized carbons (Fsp3) is 0.0714. The lowest BCUT2D eigenvalue weighted by Gasteiger charge is -2.10. The number of carbonyl (C=O) groups excluding carboxylic acids is 1. The molecule has 122 valence electrons. The molecule has 2 aromatic carbocycles. The molecule has 0 aliphatic rings. The number of amides is 1. The molecule has 2 N–H and O–H groups in total. The third-order valence-corrected chi connectivity index (χ3v) is 4.16. The lowest BCUT2D eigenvalue weighted by atomic mass is 10.2. The first-order valence-electron chi connectivity index (χ1n) is 6.19. The highest BCUT2D eigenvalue weighted by molar-refractivity contribution is 7.92. The maximum atomic E-state index is 12.2. The second kappa shape index (κ2) is 6.97. The molecule has 9 heteroatoms. The molecule has 2 rings (SSSR count). The molecule has 0 atom stereocenters. The van der Waals surface area contributed by atoms with Crippen molar-refractivity contribution in [3.05, 3.63) is 57.0 Å². The van der Waals surface area contributed by atoms with Gasteiger partial charge in [0.25, 0.3) is 5.91 Å². The van der Waals surface area contributed by atoms with Crippen molar-refractivity contribution in [1.82, 2.24) is 0 Å². The van der Waals surface area contributed by atoms with Gasteiger partial charge in [-0.05, 0) is 36.4 Å². The van der Waals surface area contributed by atoms with E-state index in [0.29, 0.717) is 10.7 Å². The zero-order chi connectivity index (χ0) is 17.2. The van der Waals surface area contributed by atoms with E-state index in [1.165, 1.54) is 24.3 Å². The second-order valence-electron chi connectivity index (χ2n) is 4.65. The quantitative estimate of drug-likeness (QED) is 0.814. The van der Waals surface area contributed by atoms with E-state index in [0.717, 1.165) is 6.26 Å². The smallest absolute Gasteiger partial charge is 0.257 e. The molecular weight excluding hydrogens is 383 g/mol. The van der Waals surface area contributed by atoms with Gasteiger partial charge in [-0.1, -0.05) is 34.8 Å². The molecule has 0 fully saturated rings. The van der Waals surface area contributed by atoms with Gasteiger partial charge in [0.2, 0.25) is 10.0 Å². The third-order valence-electron chi connectivity index (χ3n) is 2.70. The van der Waals surface area contributed by atoms with E-state index in [-0.39, 0.29) is 21.3 Å². The molecule has 0 unspecified atom stereocenters. The maximum Gasteiger partial charge on any atom is 0.257 e. The third kappa shape index (κ3) is 5.00. The summed E-state index contributed by atoms with van der Waals surface area (Å²) in [6.07, 6.45) is 1.02. The van der Waals surface area contributed by atoms with E-state index in [2.05, 4.69) is 10.0 Å². The van der Waals surface area contributed by atoms with Crippen LogP contribution >= 0.6 is 34.8 Å². The maximum absolute atomic E-state index is 12.2. The van der Waals surface area contributed by atoms with E-state index in [4.69, 9.17) is 34.8 Å². The number of sulfonamides is 1. The molecule has 0 spiro atoms. The van der Waals surface area contributed by atoms with Gasteiger partial charge in [-0.3, -0.25) is 9.52 Å². The summed E-state index contributed by atoms with van der Waals surface area (Å²) >= 11 is 17.8. The first kappa shape index (κ1) is 17.9. The minimum absolute atomic E-state index is 0.0984. The van der Waals surface area contributed by atoms with E-state index in [1.807, 2.05) is 0 Å². The van der Waals surface area contributed by atoms with Crippen molar-refractivity contribution < 1.29 is 13.2 Å². The summed E-state index contributed by atoms with van der Waals surface area (Å²) in [5.74, 6) is -0.481. The number of carbonyl (C=O) groups is 1. The van der Waals surface area contributed by atoms with Crippen molar-refractivity contribution in [3.8, 4) is 0 Å². The average Bonchev–Trinajstić information content (AvgIpc) is 2.40. The Kier molecular flexibility index (Phi) is 5.41. The minimum Gasteiger partial charge on any atom is -0.321 e. The Hall–Kier alpha value is -1.47. The minimum atomic E-state index is -3.42. The van der Waals surface area contributed by atoms with Crippen molar-refractivity contribution in [2.45, 2.75) is 0 Å². The lowest BCUT2D eigenvalue weighted by Crippen LogP contribution is -2.14. The molecule has 0 radical (unpaired) electrons. The van der Waals surface area contributed by atoms with Crippen molar-refractivity contribution in [1.29, 1.82) is 0 Å². The van der Waals surface area contributed by atoms with E-state index in [1.54, 1.807) is 12.1 Å². The fourth-order valence-corrected chi connectivity index (χ4v) is 3.03. The van der Waals surface area contributed by atoms with Gasteiger partial charge in [-0.15, -0.1) is 0 Å². The van der Waals surface area contributed by atoms with Gasteiger partial charge in [-0.2, -0.15) is 0 Å². The molecule has 0 aromatic heterocycles. The Morgan fingerprint density at radius 2 is 1.70 bits per heavy atom. The molecule has 0 heterocycles. The van der Waals surface area contributed by atoms with E-state index >= 15 is 0 Å². The van der Waals surface area contributed by atoms with Gasteiger partial charge in [0, 0.05) is 10.7 Å². The molecule has 1 amide bonds. The van der Waals surface area contributed by atoms with Gasteiger partial charge < -0.3 is 5.32 Å². The SMILES string of the molecule is CS(=O)(=O)Nc1ccc(C(=O)Nc2ccc(Cl)cc2Cl)c(Cl)c1. The normalized spacial score (nSPS) is 11.1. The summed E-state index contributed by atoms with van der Waals surface area (Å²) < 4.78 is 24.6. The summed E-state index contributed by atoms with van der Waals surface area (Å²) in [5.41, 5.74) is 0.825. The topological polar surface area (TPSA) is 75.3 Å². The van der Waals surface area contributed by atoms with Gasteiger partial charge >= 0.3 is 0 Å². The summed E-state index contributed by atoms with van der Waals surface area (Å²) in [5, 5.41) is 3.44. The lowest BCUT2D eigenvalue weighted by molar-refractivity contribution is 0.102. The van der Waals surface area contributed by atoms with Gasteiger partial charge in [0.05, 0.1) is 27.6 Å². The zero-order valence-electron chi connectivity index (χ0n) is 11.7. The molecule has 0 aliphatic carbocycles. The standard InChI is InChI=1S/C14H11Cl3N2O3S/c1-23(21,22)19-9-3-4-10(11(16)7-9)14(20)18-13-5-2-8(15)6-12(13)17/h2-7,19H,1H3,(H,18,20). The Labute approximate surface area is 148 Å². The van der Waals surface area contributed by atoms with Crippen LogP contribution in [0.5, 0.6) is 0 Å². The first-order chi connectivity index (χ1) is 10.7. The van der Waals surface area contributed by atoms with Crippen molar-refractivity contribution >= 4 is 62.1 Å². The Morgan fingerprint density at radius 1 is 1.00 bits per heavy atom. The molecule has 2 aromatic rings. The number of anilines is 2. The van der Waals surface area contributed by atoms with Crippen LogP contribution in [0.2, 0.25) is 15.1 Å². The van der Waals surface area contributed by atoms with Crippen molar-refractivity contribution in [3.63, 3.8) is 0 Å². The summed E-state index contributed by atoms with van der Waals surface area (Å²) in [6.45, 7) is 0. The number of hydrogen-bond donors (Lipinski definition) is 2. The number of halogens is 3. The highest BCUT2D eigenvalue weighted by Gasteiger charge is 2.14. The number of rotatable bonds is 4. The molecule has 0 aliphatic heterocycles. The summed E-state index contributed by atoms with van der Waals surface area (Å²) in [6, 6.07) is 8.85. The van der Waals surface area contributed by atoms with Crippen LogP contribution in [0.1, 0.15) is 10.4 Å². The largest absolute Gasteiger partial charge is 0.321 e. The highest BCUT2D eigenvalue weighted by Crippen LogP contribution is 2.27. The monoisotopic (exact) mass is 392 g/mol. The highest BCUT2D eigenvalue weighted by atomic mass is 35.5. The van der Waals surface area contributed by atoms with E-state index < -0.39 is 15.9 Å². The molecule has 0 bridgehead atoms. The second-order valence-corrected chi connectivity index (χ2v) is 7.65. The average molecular weight is 394 g/mol. The Balaban J connectivity index is 2.22. The predicted octanol–water partition coefficient (Wildman–Crippen LogP) is 4.27. The molecule has 5 nitrogen and oxygen atoms in total. The van der Waals surface area contributed by atoms with Crippen LogP contribution in [0.15, 0.2) is 36.4 Å². The van der Waals surface area contributed by atoms with Crippen LogP contribution < -0.4 is 10.0 Å². The Morgan fingerprint density at radius 3 is 2.26 bits per heavy atom. The summed E-state index contributed by atoms with van der Waals surface area (Å²) in [4.78, 5) is 12.2. The van der Waals surface area contributed by atoms with E-state index in [9.17, 15) is 13.2 Å². The fourth-order valence-electron chi connectivity index (χ4n) is 1.76. The van der Waals surface area contributed by atoms with Crippen LogP contribution in [0.4, 0.5) is 11.4 Å². The molecule has 0 saturated carbocycles. The number of benzene rings is 2. The van der Waals surface area contributed by atoms with Crippen molar-refractivity contribution in [2.24, 2.45) is 0 Å². The first-order valence-corrected chi connectivity index (χ1v) is 9.22. The van der Waals surface area contributed by atoms with Crippen LogP contribution in [-0.2, 0) is 10.0 Å². The van der Waals surface area contributed by atoms with Crippen molar-refractivity contribution in [2.75, 3.05) is 16.3 Å². The molecule has 23 heavy (non-hydrogen) atoms. The molecule has 0 saturated heterocycles. The molecular formula is C14H11Cl3N2O3S. The van der Waals surface area contributed by atoms with Crippen LogP contribution in [-0.4, -0.2) is 20.6 Å². The summed E-state index contributed by atoms with van der Waals surface area (Å²) in [7, 11) is -3.42. The van der Waals surface area contributed by atoms with Gasteiger partial charge in [0.15, 0.2) is 0 Å². The zero-order valence-corrected chi connectivity index (χ0v) is 14.8. The van der Waals surface area contributed by atoms with Crippen LogP contribution in [0, 0.1) is 0 Å². The number of hydrogen-bond acceptors (Lipinski definition) is 3. The van der Waals surface area contributed by atoms with Crippen LogP contribution in [0.3, 0.4) is 0 Å². The number of nitrogens with one attached hydrogen (secondary N) is 2.